The predicted octanol–water partition coefficient (Wildman–Crippen LogP) is 2.23. The zero-order chi connectivity index (χ0) is 16.0. The molecular weight excluding hydrogens is 349 g/mol. The van der Waals surface area contributed by atoms with Crippen molar-refractivity contribution in [2.75, 3.05) is 20.0 Å². The minimum absolute atomic E-state index is 0.132. The van der Waals surface area contributed by atoms with Crippen molar-refractivity contribution in [1.29, 1.82) is 0 Å². The summed E-state index contributed by atoms with van der Waals surface area (Å²) in [6, 6.07) is 3.96. The molecule has 0 N–H and O–H groups in total. The van der Waals surface area contributed by atoms with E-state index in [0.717, 1.165) is 15.8 Å². The normalized spacial score (nSPS) is 24.7. The Balaban J connectivity index is 1.87. The lowest BCUT2D eigenvalue weighted by molar-refractivity contribution is -0.108. The monoisotopic (exact) mass is 369 g/mol. The number of hydrogen-bond acceptors (Lipinski definition) is 5. The van der Waals surface area contributed by atoms with E-state index in [1.807, 2.05) is 39.8 Å². The van der Waals surface area contributed by atoms with Crippen molar-refractivity contribution in [3.63, 3.8) is 0 Å². The molecule has 22 heavy (non-hydrogen) atoms. The van der Waals surface area contributed by atoms with Crippen LogP contribution < -0.4 is 5.46 Å². The van der Waals surface area contributed by atoms with E-state index in [9.17, 15) is 0 Å². The van der Waals surface area contributed by atoms with Gasteiger partial charge in [0.2, 0.25) is 0 Å². The summed E-state index contributed by atoms with van der Waals surface area (Å²) in [5.41, 5.74) is 1.18. The number of nitrogens with zero attached hydrogens (tertiary/aromatic N) is 1. The molecule has 0 spiro atoms. The molecule has 2 saturated heterocycles. The third-order valence-corrected chi connectivity index (χ3v) is 4.99. The van der Waals surface area contributed by atoms with Crippen LogP contribution in [0.3, 0.4) is 0 Å². The Labute approximate surface area is 140 Å². The highest BCUT2D eigenvalue weighted by molar-refractivity contribution is 9.10. The molecule has 2 aliphatic rings. The molecule has 1 aromatic rings. The molecule has 0 radical (unpaired) electrons. The summed E-state index contributed by atoms with van der Waals surface area (Å²) < 4.78 is 23.7. The minimum Gasteiger partial charge on any atom is -0.399 e. The second kappa shape index (κ2) is 5.87. The highest BCUT2D eigenvalue weighted by Gasteiger charge is 2.51. The van der Waals surface area contributed by atoms with E-state index in [2.05, 4.69) is 20.9 Å². The van der Waals surface area contributed by atoms with Crippen LogP contribution >= 0.6 is 15.9 Å². The largest absolute Gasteiger partial charge is 0.494 e. The Morgan fingerprint density at radius 2 is 1.68 bits per heavy atom. The summed E-state index contributed by atoms with van der Waals surface area (Å²) in [7, 11) is -0.395. The molecular formula is C15H21BBrNO4. The van der Waals surface area contributed by atoms with E-state index >= 15 is 0 Å². The third-order valence-electron chi connectivity index (χ3n) is 4.58. The van der Waals surface area contributed by atoms with E-state index in [1.165, 1.54) is 0 Å². The van der Waals surface area contributed by atoms with Gasteiger partial charge < -0.3 is 18.8 Å². The molecule has 0 amide bonds. The van der Waals surface area contributed by atoms with Gasteiger partial charge in [-0.25, -0.2) is 4.98 Å². The summed E-state index contributed by atoms with van der Waals surface area (Å²) in [4.78, 5) is 4.55. The molecule has 2 aliphatic heterocycles. The second-order valence-electron chi connectivity index (χ2n) is 6.79. The van der Waals surface area contributed by atoms with Gasteiger partial charge >= 0.3 is 7.12 Å². The highest BCUT2D eigenvalue weighted by atomic mass is 79.9. The average molecular weight is 370 g/mol. The number of rotatable bonds is 2. The number of pyridine rings is 1. The van der Waals surface area contributed by atoms with Gasteiger partial charge in [0.15, 0.2) is 0 Å². The van der Waals surface area contributed by atoms with Crippen LogP contribution in [0.15, 0.2) is 16.7 Å². The van der Waals surface area contributed by atoms with E-state index < -0.39 is 7.12 Å². The zero-order valence-electron chi connectivity index (χ0n) is 13.4. The molecule has 0 bridgehead atoms. The summed E-state index contributed by atoms with van der Waals surface area (Å²) in [5.74, 6) is 0.132. The first-order chi connectivity index (χ1) is 10.3. The Morgan fingerprint density at radius 1 is 1.09 bits per heavy atom. The maximum atomic E-state index is 6.11. The van der Waals surface area contributed by atoms with Crippen LogP contribution in [-0.2, 0) is 18.8 Å². The first kappa shape index (κ1) is 16.4. The van der Waals surface area contributed by atoms with Gasteiger partial charge in [-0.3, -0.25) is 0 Å². The van der Waals surface area contributed by atoms with Crippen LogP contribution in [0.25, 0.3) is 0 Å². The van der Waals surface area contributed by atoms with E-state index in [1.54, 1.807) is 0 Å². The van der Waals surface area contributed by atoms with Gasteiger partial charge in [0.25, 0.3) is 0 Å². The molecule has 1 aromatic heterocycles. The molecule has 0 saturated carbocycles. The van der Waals surface area contributed by atoms with Gasteiger partial charge in [0, 0.05) is 11.6 Å². The van der Waals surface area contributed by atoms with Crippen molar-refractivity contribution in [3.8, 4) is 0 Å². The molecule has 0 atom stereocenters. The summed E-state index contributed by atoms with van der Waals surface area (Å²) in [5, 5.41) is 0. The second-order valence-corrected chi connectivity index (χ2v) is 7.61. The third kappa shape index (κ3) is 3.10. The number of halogens is 1. The van der Waals surface area contributed by atoms with Gasteiger partial charge in [-0.1, -0.05) is 0 Å². The first-order valence-corrected chi connectivity index (χ1v) is 8.26. The fourth-order valence-corrected chi connectivity index (χ4v) is 2.99. The number of ether oxygens (including phenoxy) is 2. The lowest BCUT2D eigenvalue weighted by Crippen LogP contribution is -2.41. The van der Waals surface area contributed by atoms with Crippen LogP contribution in [0.5, 0.6) is 0 Å². The topological polar surface area (TPSA) is 49.8 Å². The molecule has 3 rings (SSSR count). The molecule has 7 heteroatoms. The summed E-state index contributed by atoms with van der Waals surface area (Å²) in [6.07, 6.45) is 0. The maximum absolute atomic E-state index is 6.11. The van der Waals surface area contributed by atoms with Crippen LogP contribution in [0.2, 0.25) is 0 Å². The van der Waals surface area contributed by atoms with Crippen LogP contribution in [-0.4, -0.2) is 43.3 Å². The Hall–Kier alpha value is -0.465. The van der Waals surface area contributed by atoms with Crippen molar-refractivity contribution >= 4 is 28.5 Å². The van der Waals surface area contributed by atoms with Crippen molar-refractivity contribution in [2.24, 2.45) is 0 Å². The summed E-state index contributed by atoms with van der Waals surface area (Å²) >= 11 is 3.48. The van der Waals surface area contributed by atoms with E-state index in [0.29, 0.717) is 20.0 Å². The van der Waals surface area contributed by atoms with Crippen LogP contribution in [0.1, 0.15) is 39.3 Å². The molecule has 120 valence electrons. The highest BCUT2D eigenvalue weighted by Crippen LogP contribution is 2.36. The Bertz CT molecular complexity index is 544. The lowest BCUT2D eigenvalue weighted by Gasteiger charge is -2.32. The van der Waals surface area contributed by atoms with E-state index in [4.69, 9.17) is 18.8 Å². The van der Waals surface area contributed by atoms with Gasteiger partial charge in [0.1, 0.15) is 11.4 Å². The molecule has 3 heterocycles. The van der Waals surface area contributed by atoms with Gasteiger partial charge in [-0.15, -0.1) is 0 Å². The minimum atomic E-state index is -0.395. The van der Waals surface area contributed by atoms with Crippen molar-refractivity contribution in [1.82, 2.24) is 4.98 Å². The fraction of sp³-hybridized carbons (Fsp3) is 0.667. The number of hydrogen-bond donors (Lipinski definition) is 0. The predicted molar refractivity (Wildman–Crippen MR) is 87.2 cm³/mol. The summed E-state index contributed by atoms with van der Waals surface area (Å²) in [6.45, 7) is 9.78. The first-order valence-electron chi connectivity index (χ1n) is 7.47. The molecule has 2 fully saturated rings. The van der Waals surface area contributed by atoms with E-state index in [-0.39, 0.29) is 17.1 Å². The molecule has 0 aliphatic carbocycles. The van der Waals surface area contributed by atoms with Crippen LogP contribution in [0.4, 0.5) is 0 Å². The molecule has 0 unspecified atom stereocenters. The maximum Gasteiger partial charge on any atom is 0.494 e. The van der Waals surface area contributed by atoms with Crippen molar-refractivity contribution in [3.05, 3.63) is 22.4 Å². The lowest BCUT2D eigenvalue weighted by atomic mass is 9.78. The smallest absolute Gasteiger partial charge is 0.399 e. The van der Waals surface area contributed by atoms with Crippen molar-refractivity contribution < 1.29 is 18.8 Å². The quantitative estimate of drug-likeness (QED) is 0.591. The zero-order valence-corrected chi connectivity index (χ0v) is 15.0. The number of aromatic nitrogens is 1. The molecule has 0 aromatic carbocycles. The van der Waals surface area contributed by atoms with Gasteiger partial charge in [0.05, 0.1) is 24.4 Å². The average Bonchev–Trinajstić information content (AvgIpc) is 2.68. The SMILES string of the molecule is CC1(C)OB(c2cc(Br)nc(C3COCOC3)c2)OC1(C)C. The van der Waals surface area contributed by atoms with Crippen molar-refractivity contribution in [2.45, 2.75) is 44.8 Å². The molecule has 5 nitrogen and oxygen atoms in total. The standard InChI is InChI=1S/C15H21BBrNO4/c1-14(2)15(3,4)22-16(21-14)11-5-12(18-13(17)6-11)10-7-19-9-20-8-10/h5-6,10H,7-9H2,1-4H3. The van der Waals surface area contributed by atoms with Crippen LogP contribution in [0, 0.1) is 0 Å². The van der Waals surface area contributed by atoms with Gasteiger partial charge in [-0.2, -0.15) is 0 Å². The fourth-order valence-electron chi connectivity index (χ4n) is 2.52. The van der Waals surface area contributed by atoms with Gasteiger partial charge in [-0.05, 0) is 61.2 Å². The Morgan fingerprint density at radius 3 is 2.27 bits per heavy atom. The Kier molecular flexibility index (Phi) is 4.38.